The summed E-state index contributed by atoms with van der Waals surface area (Å²) in [5, 5.41) is 0.144. The highest BCUT2D eigenvalue weighted by molar-refractivity contribution is 7.85. The molecule has 2 N–H and O–H groups in total. The van der Waals surface area contributed by atoms with E-state index in [1.54, 1.807) is 0 Å². The molecule has 0 amide bonds. The molecule has 0 aliphatic heterocycles. The van der Waals surface area contributed by atoms with E-state index in [-0.39, 0.29) is 16.7 Å². The predicted octanol–water partition coefficient (Wildman–Crippen LogP) is 2.97. The monoisotopic (exact) mass is 265 g/mol. The van der Waals surface area contributed by atoms with Gasteiger partial charge in [0.2, 0.25) is 0 Å². The van der Waals surface area contributed by atoms with Crippen LogP contribution in [0.3, 0.4) is 0 Å². The summed E-state index contributed by atoms with van der Waals surface area (Å²) in [5.74, 6) is 0. The molecule has 18 heavy (non-hydrogen) atoms. The number of hydrogen-bond acceptors (Lipinski definition) is 2. The van der Waals surface area contributed by atoms with Crippen LogP contribution >= 0.6 is 0 Å². The van der Waals surface area contributed by atoms with Gasteiger partial charge in [-0.1, -0.05) is 39.3 Å². The van der Waals surface area contributed by atoms with Gasteiger partial charge >= 0.3 is 0 Å². The second-order valence-electron chi connectivity index (χ2n) is 6.20. The van der Waals surface area contributed by atoms with Crippen molar-refractivity contribution >= 4 is 10.8 Å². The first kappa shape index (κ1) is 13.8. The van der Waals surface area contributed by atoms with Crippen molar-refractivity contribution in [3.63, 3.8) is 0 Å². The zero-order chi connectivity index (χ0) is 13.3. The smallest absolute Gasteiger partial charge is 0.0576 e. The first-order chi connectivity index (χ1) is 8.39. The van der Waals surface area contributed by atoms with E-state index in [1.807, 2.05) is 12.1 Å². The highest BCUT2D eigenvalue weighted by atomic mass is 32.2. The van der Waals surface area contributed by atoms with Crippen molar-refractivity contribution in [1.82, 2.24) is 0 Å². The van der Waals surface area contributed by atoms with Gasteiger partial charge in [0.15, 0.2) is 0 Å². The molecular formula is C15H23NOS. The molecule has 0 saturated heterocycles. The normalized spacial score (nSPS) is 26.2. The number of benzene rings is 1. The number of hydrogen-bond donors (Lipinski definition) is 1. The van der Waals surface area contributed by atoms with Crippen LogP contribution in [0.15, 0.2) is 29.2 Å². The van der Waals surface area contributed by atoms with Crippen LogP contribution in [0.2, 0.25) is 0 Å². The maximum atomic E-state index is 12.4. The van der Waals surface area contributed by atoms with Gasteiger partial charge < -0.3 is 5.73 Å². The third-order valence-electron chi connectivity index (χ3n) is 3.73. The van der Waals surface area contributed by atoms with E-state index in [1.165, 1.54) is 5.56 Å². The second kappa shape index (κ2) is 5.14. The van der Waals surface area contributed by atoms with E-state index in [0.29, 0.717) is 0 Å². The molecule has 3 heteroatoms. The Bertz CT molecular complexity index is 433. The molecule has 1 saturated carbocycles. The van der Waals surface area contributed by atoms with Crippen molar-refractivity contribution in [2.75, 3.05) is 0 Å². The minimum Gasteiger partial charge on any atom is -0.327 e. The molecule has 0 radical (unpaired) electrons. The Hall–Kier alpha value is -0.670. The largest absolute Gasteiger partial charge is 0.327 e. The summed E-state index contributed by atoms with van der Waals surface area (Å²) >= 11 is 0. The Morgan fingerprint density at radius 2 is 1.78 bits per heavy atom. The lowest BCUT2D eigenvalue weighted by Gasteiger charge is -2.20. The number of rotatable bonds is 2. The fraction of sp³-hybridized carbons (Fsp3) is 0.600. The van der Waals surface area contributed by atoms with Gasteiger partial charge in [-0.25, -0.2) is 0 Å². The van der Waals surface area contributed by atoms with Crippen LogP contribution in [0.5, 0.6) is 0 Å². The van der Waals surface area contributed by atoms with E-state index in [0.717, 1.165) is 24.2 Å². The average molecular weight is 265 g/mol. The fourth-order valence-corrected chi connectivity index (χ4v) is 4.07. The topological polar surface area (TPSA) is 43.1 Å². The third kappa shape index (κ3) is 2.83. The maximum Gasteiger partial charge on any atom is 0.0576 e. The summed E-state index contributed by atoms with van der Waals surface area (Å²) in [6.07, 6.45) is 3.11. The zero-order valence-electron chi connectivity index (χ0n) is 11.5. The lowest BCUT2D eigenvalue weighted by atomic mass is 9.87. The summed E-state index contributed by atoms with van der Waals surface area (Å²) in [6, 6.07) is 8.29. The Labute approximate surface area is 112 Å². The first-order valence-electron chi connectivity index (χ1n) is 6.66. The van der Waals surface area contributed by atoms with E-state index in [2.05, 4.69) is 32.9 Å². The molecule has 1 aromatic carbocycles. The van der Waals surface area contributed by atoms with E-state index < -0.39 is 10.8 Å². The van der Waals surface area contributed by atoms with Crippen LogP contribution < -0.4 is 5.73 Å². The van der Waals surface area contributed by atoms with E-state index >= 15 is 0 Å². The molecule has 1 aliphatic carbocycles. The Balaban J connectivity index is 2.17. The molecule has 0 aromatic heterocycles. The van der Waals surface area contributed by atoms with Gasteiger partial charge in [0.05, 0.1) is 16.0 Å². The summed E-state index contributed by atoms with van der Waals surface area (Å²) in [6.45, 7) is 6.56. The van der Waals surface area contributed by atoms with Gasteiger partial charge in [0, 0.05) is 10.9 Å². The highest BCUT2D eigenvalue weighted by Gasteiger charge is 2.30. The quantitative estimate of drug-likeness (QED) is 0.893. The summed E-state index contributed by atoms with van der Waals surface area (Å²) in [4.78, 5) is 0.922. The van der Waals surface area contributed by atoms with Crippen LogP contribution in [0, 0.1) is 0 Å². The van der Waals surface area contributed by atoms with E-state index in [4.69, 9.17) is 5.73 Å². The predicted molar refractivity (Wildman–Crippen MR) is 77.2 cm³/mol. The molecule has 1 fully saturated rings. The molecule has 3 atom stereocenters. The summed E-state index contributed by atoms with van der Waals surface area (Å²) in [7, 11) is -0.949. The molecule has 2 rings (SSSR count). The minimum atomic E-state index is -0.949. The van der Waals surface area contributed by atoms with Gasteiger partial charge in [-0.15, -0.1) is 0 Å². The molecule has 0 bridgehead atoms. The van der Waals surface area contributed by atoms with Crippen molar-refractivity contribution in [2.24, 2.45) is 5.73 Å². The SMILES string of the molecule is CC(C)(C)c1ccc(S(=O)C2CCCC2N)cc1. The van der Waals surface area contributed by atoms with Crippen LogP contribution in [0.1, 0.15) is 45.6 Å². The Morgan fingerprint density at radius 1 is 1.17 bits per heavy atom. The average Bonchev–Trinajstić information content (AvgIpc) is 2.73. The van der Waals surface area contributed by atoms with Crippen LogP contribution in [-0.4, -0.2) is 15.5 Å². The van der Waals surface area contributed by atoms with Gasteiger partial charge in [0.1, 0.15) is 0 Å². The van der Waals surface area contributed by atoms with Gasteiger partial charge in [-0.2, -0.15) is 0 Å². The lowest BCUT2D eigenvalue weighted by Crippen LogP contribution is -2.32. The second-order valence-corrected chi connectivity index (χ2v) is 7.88. The molecule has 1 aromatic rings. The fourth-order valence-electron chi connectivity index (χ4n) is 2.48. The molecule has 2 nitrogen and oxygen atoms in total. The highest BCUT2D eigenvalue weighted by Crippen LogP contribution is 2.28. The molecular weight excluding hydrogens is 242 g/mol. The molecule has 0 heterocycles. The molecule has 1 aliphatic rings. The van der Waals surface area contributed by atoms with Crippen LogP contribution in [-0.2, 0) is 16.2 Å². The summed E-state index contributed by atoms with van der Waals surface area (Å²) < 4.78 is 12.4. The van der Waals surface area contributed by atoms with Crippen LogP contribution in [0.25, 0.3) is 0 Å². The maximum absolute atomic E-state index is 12.4. The molecule has 100 valence electrons. The van der Waals surface area contributed by atoms with Gasteiger partial charge in [-0.05, 0) is 36.0 Å². The molecule has 3 unspecified atom stereocenters. The first-order valence-corrected chi connectivity index (χ1v) is 7.87. The van der Waals surface area contributed by atoms with Crippen molar-refractivity contribution in [3.8, 4) is 0 Å². The van der Waals surface area contributed by atoms with E-state index in [9.17, 15) is 4.21 Å². The van der Waals surface area contributed by atoms with Crippen molar-refractivity contribution in [1.29, 1.82) is 0 Å². The molecule has 0 spiro atoms. The zero-order valence-corrected chi connectivity index (χ0v) is 12.3. The van der Waals surface area contributed by atoms with Gasteiger partial charge in [-0.3, -0.25) is 4.21 Å². The van der Waals surface area contributed by atoms with Crippen LogP contribution in [0.4, 0.5) is 0 Å². The minimum absolute atomic E-state index is 0.105. The van der Waals surface area contributed by atoms with Crippen molar-refractivity contribution in [2.45, 2.75) is 61.6 Å². The number of nitrogens with two attached hydrogens (primary N) is 1. The van der Waals surface area contributed by atoms with Crippen molar-refractivity contribution in [3.05, 3.63) is 29.8 Å². The standard InChI is InChI=1S/C15H23NOS/c1-15(2,3)11-7-9-12(10-8-11)18(17)14-6-4-5-13(14)16/h7-10,13-14H,4-6,16H2,1-3H3. The Kier molecular flexibility index (Phi) is 3.93. The summed E-state index contributed by atoms with van der Waals surface area (Å²) in [5.41, 5.74) is 7.44. The van der Waals surface area contributed by atoms with Gasteiger partial charge in [0.25, 0.3) is 0 Å². The third-order valence-corrected chi connectivity index (χ3v) is 5.60. The van der Waals surface area contributed by atoms with Crippen molar-refractivity contribution < 1.29 is 4.21 Å². The lowest BCUT2D eigenvalue weighted by molar-refractivity contribution is 0.589. The Morgan fingerprint density at radius 3 is 2.22 bits per heavy atom.